The first-order valence-corrected chi connectivity index (χ1v) is 3.86. The first kappa shape index (κ1) is 8.96. The molecule has 0 saturated carbocycles. The Morgan fingerprint density at radius 2 is 2.50 bits per heavy atom. The molecule has 4 nitrogen and oxygen atoms in total. The molecule has 0 saturated heterocycles. The van der Waals surface area contributed by atoms with Gasteiger partial charge in [-0.05, 0) is 19.1 Å². The van der Waals surface area contributed by atoms with Gasteiger partial charge in [-0.3, -0.25) is 10.8 Å². The molecule has 0 aliphatic carbocycles. The maximum atomic E-state index is 5.23. The van der Waals surface area contributed by atoms with Crippen LogP contribution >= 0.6 is 0 Å². The lowest BCUT2D eigenvalue weighted by molar-refractivity contribution is 0.131. The van der Waals surface area contributed by atoms with Gasteiger partial charge >= 0.3 is 0 Å². The van der Waals surface area contributed by atoms with E-state index in [2.05, 4.69) is 10.4 Å². The Morgan fingerprint density at radius 3 is 3.17 bits per heavy atom. The molecule has 0 spiro atoms. The fourth-order valence-corrected chi connectivity index (χ4v) is 0.854. The van der Waals surface area contributed by atoms with Crippen molar-refractivity contribution < 1.29 is 4.74 Å². The fraction of sp³-hybridized carbons (Fsp3) is 0.375. The average molecular weight is 167 g/mol. The van der Waals surface area contributed by atoms with Crippen LogP contribution in [0.3, 0.4) is 0 Å². The van der Waals surface area contributed by atoms with E-state index < -0.39 is 0 Å². The highest BCUT2D eigenvalue weighted by Crippen LogP contribution is 2.06. The summed E-state index contributed by atoms with van der Waals surface area (Å²) in [5, 5.41) is 0. The van der Waals surface area contributed by atoms with Crippen LogP contribution in [0.25, 0.3) is 0 Å². The first-order chi connectivity index (χ1) is 5.86. The maximum absolute atomic E-state index is 5.23. The van der Waals surface area contributed by atoms with E-state index in [1.807, 2.05) is 13.0 Å². The summed E-state index contributed by atoms with van der Waals surface area (Å²) in [6.07, 6.45) is 1.70. The summed E-state index contributed by atoms with van der Waals surface area (Å²) >= 11 is 0. The van der Waals surface area contributed by atoms with E-state index >= 15 is 0 Å². The number of nitrogens with one attached hydrogen (secondary N) is 1. The number of hydrazine groups is 1. The highest BCUT2D eigenvalue weighted by Gasteiger charge is 1.94. The van der Waals surface area contributed by atoms with Crippen LogP contribution in [0.2, 0.25) is 0 Å². The van der Waals surface area contributed by atoms with E-state index in [9.17, 15) is 0 Å². The summed E-state index contributed by atoms with van der Waals surface area (Å²) in [4.78, 5) is 4.10. The third-order valence-electron chi connectivity index (χ3n) is 1.44. The molecule has 1 rings (SSSR count). The molecule has 0 bridgehead atoms. The minimum atomic E-state index is 0.534. The van der Waals surface area contributed by atoms with Crippen molar-refractivity contribution >= 4 is 5.69 Å². The highest BCUT2D eigenvalue weighted by atomic mass is 16.5. The van der Waals surface area contributed by atoms with Crippen molar-refractivity contribution in [3.05, 3.63) is 24.0 Å². The predicted molar refractivity (Wildman–Crippen MR) is 47.4 cm³/mol. The molecular formula is C8H13N3O. The Bertz CT molecular complexity index is 239. The van der Waals surface area contributed by atoms with Gasteiger partial charge in [0.25, 0.3) is 0 Å². The van der Waals surface area contributed by atoms with Crippen LogP contribution in [-0.2, 0) is 11.3 Å². The van der Waals surface area contributed by atoms with Crippen LogP contribution in [0.1, 0.15) is 12.6 Å². The third-order valence-corrected chi connectivity index (χ3v) is 1.44. The van der Waals surface area contributed by atoms with E-state index in [0.717, 1.165) is 11.4 Å². The van der Waals surface area contributed by atoms with Gasteiger partial charge in [0.1, 0.15) is 0 Å². The smallest absolute Gasteiger partial charge is 0.0888 e. The van der Waals surface area contributed by atoms with Gasteiger partial charge in [-0.2, -0.15) is 0 Å². The number of hydrogen-bond donors (Lipinski definition) is 2. The SMILES string of the molecule is CCOCc1cc(NN)ccn1. The predicted octanol–water partition coefficient (Wildman–Crippen LogP) is 0.904. The second kappa shape index (κ2) is 4.69. The molecule has 4 heteroatoms. The number of anilines is 1. The van der Waals surface area contributed by atoms with Crippen LogP contribution in [0.5, 0.6) is 0 Å². The van der Waals surface area contributed by atoms with Gasteiger partial charge in [-0.25, -0.2) is 0 Å². The molecule has 0 radical (unpaired) electrons. The van der Waals surface area contributed by atoms with Crippen LogP contribution in [0.15, 0.2) is 18.3 Å². The van der Waals surface area contributed by atoms with Crippen molar-refractivity contribution in [1.29, 1.82) is 0 Å². The van der Waals surface area contributed by atoms with Crippen molar-refractivity contribution in [1.82, 2.24) is 4.98 Å². The van der Waals surface area contributed by atoms with Crippen molar-refractivity contribution in [2.24, 2.45) is 5.84 Å². The summed E-state index contributed by atoms with van der Waals surface area (Å²) in [6.45, 7) is 3.18. The van der Waals surface area contributed by atoms with E-state index in [1.54, 1.807) is 12.3 Å². The molecule has 0 aliphatic rings. The lowest BCUT2D eigenvalue weighted by atomic mass is 10.3. The lowest BCUT2D eigenvalue weighted by Crippen LogP contribution is -2.07. The average Bonchev–Trinajstić information content (AvgIpc) is 2.15. The summed E-state index contributed by atoms with van der Waals surface area (Å²) < 4.78 is 5.19. The molecule has 3 N–H and O–H groups in total. The zero-order valence-corrected chi connectivity index (χ0v) is 7.08. The number of aromatic nitrogens is 1. The normalized spacial score (nSPS) is 9.83. The molecule has 0 unspecified atom stereocenters. The van der Waals surface area contributed by atoms with Gasteiger partial charge in [-0.1, -0.05) is 0 Å². The van der Waals surface area contributed by atoms with E-state index in [1.165, 1.54) is 0 Å². The van der Waals surface area contributed by atoms with Gasteiger partial charge in [0.15, 0.2) is 0 Å². The fourth-order valence-electron chi connectivity index (χ4n) is 0.854. The largest absolute Gasteiger partial charge is 0.375 e. The minimum Gasteiger partial charge on any atom is -0.375 e. The molecule has 1 aromatic rings. The van der Waals surface area contributed by atoms with Crippen molar-refractivity contribution in [3.63, 3.8) is 0 Å². The molecule has 12 heavy (non-hydrogen) atoms. The number of nitrogen functional groups attached to an aromatic ring is 1. The van der Waals surface area contributed by atoms with Gasteiger partial charge in [0.2, 0.25) is 0 Å². The van der Waals surface area contributed by atoms with E-state index in [-0.39, 0.29) is 0 Å². The topological polar surface area (TPSA) is 60.2 Å². The quantitative estimate of drug-likeness (QED) is 0.516. The summed E-state index contributed by atoms with van der Waals surface area (Å²) in [7, 11) is 0. The molecule has 1 heterocycles. The summed E-state index contributed by atoms with van der Waals surface area (Å²) in [6, 6.07) is 3.66. The van der Waals surface area contributed by atoms with Gasteiger partial charge < -0.3 is 10.2 Å². The molecule has 1 aromatic heterocycles. The van der Waals surface area contributed by atoms with Crippen molar-refractivity contribution in [3.8, 4) is 0 Å². The number of ether oxygens (including phenoxy) is 1. The Kier molecular flexibility index (Phi) is 3.50. The number of nitrogens with two attached hydrogens (primary N) is 1. The molecule has 0 aromatic carbocycles. The van der Waals surface area contributed by atoms with Crippen LogP contribution < -0.4 is 11.3 Å². The van der Waals surface area contributed by atoms with Crippen LogP contribution in [-0.4, -0.2) is 11.6 Å². The number of hydrogen-bond acceptors (Lipinski definition) is 4. The molecule has 0 amide bonds. The molecule has 0 fully saturated rings. The van der Waals surface area contributed by atoms with E-state index in [4.69, 9.17) is 10.6 Å². The molecular weight excluding hydrogens is 154 g/mol. The number of pyridine rings is 1. The third kappa shape index (κ3) is 2.48. The second-order valence-corrected chi connectivity index (χ2v) is 2.32. The van der Waals surface area contributed by atoms with Crippen molar-refractivity contribution in [2.45, 2.75) is 13.5 Å². The van der Waals surface area contributed by atoms with Gasteiger partial charge in [-0.15, -0.1) is 0 Å². The van der Waals surface area contributed by atoms with Crippen molar-refractivity contribution in [2.75, 3.05) is 12.0 Å². The van der Waals surface area contributed by atoms with Gasteiger partial charge in [0.05, 0.1) is 18.0 Å². The van der Waals surface area contributed by atoms with Crippen LogP contribution in [0.4, 0.5) is 5.69 Å². The standard InChI is InChI=1S/C8H13N3O/c1-2-12-6-8-5-7(11-9)3-4-10-8/h3-5H,2,6,9H2,1H3,(H,10,11). The summed E-state index contributed by atoms with van der Waals surface area (Å²) in [5.74, 6) is 5.23. The highest BCUT2D eigenvalue weighted by molar-refractivity contribution is 5.41. The summed E-state index contributed by atoms with van der Waals surface area (Å²) in [5.41, 5.74) is 4.28. The number of rotatable bonds is 4. The molecule has 66 valence electrons. The zero-order valence-electron chi connectivity index (χ0n) is 7.08. The second-order valence-electron chi connectivity index (χ2n) is 2.32. The maximum Gasteiger partial charge on any atom is 0.0888 e. The van der Waals surface area contributed by atoms with E-state index in [0.29, 0.717) is 13.2 Å². The van der Waals surface area contributed by atoms with Crippen LogP contribution in [0, 0.1) is 0 Å². The Hall–Kier alpha value is -1.13. The minimum absolute atomic E-state index is 0.534. The van der Waals surface area contributed by atoms with Gasteiger partial charge in [0, 0.05) is 12.8 Å². The molecule has 0 atom stereocenters. The lowest BCUT2D eigenvalue weighted by Gasteiger charge is -2.03. The Labute approximate surface area is 71.7 Å². The zero-order chi connectivity index (χ0) is 8.81. The monoisotopic (exact) mass is 167 g/mol. The molecule has 0 aliphatic heterocycles. The Morgan fingerprint density at radius 1 is 1.67 bits per heavy atom. The number of nitrogens with zero attached hydrogens (tertiary/aromatic N) is 1. The first-order valence-electron chi connectivity index (χ1n) is 3.86. The Balaban J connectivity index is 2.60.